The number of rotatable bonds is 4. The predicted octanol–water partition coefficient (Wildman–Crippen LogP) is 6.15. The average molecular weight is 450 g/mol. The predicted molar refractivity (Wildman–Crippen MR) is 128 cm³/mol. The number of hydrogen-bond donors (Lipinski definition) is 3. The van der Waals surface area contributed by atoms with Crippen LogP contribution in [0.2, 0.25) is 0 Å². The van der Waals surface area contributed by atoms with Gasteiger partial charge in [-0.3, -0.25) is 9.59 Å². The lowest BCUT2D eigenvalue weighted by Crippen LogP contribution is -2.29. The van der Waals surface area contributed by atoms with Crippen LogP contribution < -0.4 is 10.9 Å². The van der Waals surface area contributed by atoms with E-state index in [-0.39, 0.29) is 11.5 Å². The maximum absolute atomic E-state index is 12.3. The van der Waals surface area contributed by atoms with Crippen molar-refractivity contribution in [3.63, 3.8) is 0 Å². The van der Waals surface area contributed by atoms with Gasteiger partial charge in [0.15, 0.2) is 11.5 Å². The number of furan rings is 1. The van der Waals surface area contributed by atoms with Crippen molar-refractivity contribution in [3.8, 4) is 16.5 Å². The molecule has 1 atom stereocenters. The molecule has 0 saturated heterocycles. The maximum Gasteiger partial charge on any atom is 0.294 e. The van der Waals surface area contributed by atoms with Crippen molar-refractivity contribution in [2.45, 2.75) is 67.3 Å². The summed E-state index contributed by atoms with van der Waals surface area (Å²) in [5.74, 6) is -0.579. The van der Waals surface area contributed by atoms with E-state index in [1.807, 2.05) is 19.2 Å². The molecule has 7 nitrogen and oxygen atoms in total. The molecule has 3 aromatic rings. The van der Waals surface area contributed by atoms with Crippen LogP contribution in [0.25, 0.3) is 10.7 Å². The van der Waals surface area contributed by atoms with E-state index < -0.39 is 23.3 Å². The lowest BCUT2D eigenvalue weighted by atomic mass is 10.2. The molecule has 8 heteroatoms. The highest BCUT2D eigenvalue weighted by molar-refractivity contribution is 7.13. The molecule has 31 heavy (non-hydrogen) atoms. The smallest absolute Gasteiger partial charge is 0.294 e. The number of carbonyl (C=O) groups excluding carboxylic acids is 1. The second-order valence-electron chi connectivity index (χ2n) is 6.21. The Morgan fingerprint density at radius 1 is 1.19 bits per heavy atom. The standard InChI is InChI=1S/C15H13N3O4S.2C3H8.C2H6/c1-8(9-4-2-6-22-9)16-14(20)11-12(19)15(21)18-13(17-11)10-5-3-7-23-10;2*1-3-2;1-2/h2-8,19H,1H3,(H,16,20)(H,17,18,21);2*3H2,1-2H3;1-2H3. The number of thiophene rings is 1. The first-order valence-electron chi connectivity index (χ1n) is 10.6. The highest BCUT2D eigenvalue weighted by atomic mass is 32.1. The molecule has 0 spiro atoms. The van der Waals surface area contributed by atoms with Crippen molar-refractivity contribution in [3.05, 3.63) is 57.7 Å². The minimum atomic E-state index is -0.765. The van der Waals surface area contributed by atoms with Crippen molar-refractivity contribution in [2.75, 3.05) is 0 Å². The quantitative estimate of drug-likeness (QED) is 0.443. The van der Waals surface area contributed by atoms with Crippen LogP contribution in [0.5, 0.6) is 5.75 Å². The molecule has 0 aromatic carbocycles. The minimum absolute atomic E-state index is 0.235. The summed E-state index contributed by atoms with van der Waals surface area (Å²) in [6.45, 7) is 14.2. The van der Waals surface area contributed by atoms with Crippen LogP contribution in [-0.4, -0.2) is 21.0 Å². The van der Waals surface area contributed by atoms with Crippen molar-refractivity contribution < 1.29 is 14.3 Å². The summed E-state index contributed by atoms with van der Waals surface area (Å²) in [5, 5.41) is 14.3. The summed E-state index contributed by atoms with van der Waals surface area (Å²) in [6.07, 6.45) is 4.00. The van der Waals surface area contributed by atoms with E-state index in [0.717, 1.165) is 0 Å². The highest BCUT2D eigenvalue weighted by Gasteiger charge is 2.21. The van der Waals surface area contributed by atoms with Gasteiger partial charge in [0.25, 0.3) is 11.5 Å². The summed E-state index contributed by atoms with van der Waals surface area (Å²) in [7, 11) is 0. The Hall–Kier alpha value is -2.87. The van der Waals surface area contributed by atoms with Crippen molar-refractivity contribution >= 4 is 17.2 Å². The Bertz CT molecular complexity index is 902. The molecule has 0 aliphatic carbocycles. The SMILES string of the molecule is CC.CC(NC(=O)c1nc(-c2cccs2)[nH]c(=O)c1O)c1ccco1.CCC.CCC. The Balaban J connectivity index is 0.000000991. The van der Waals surface area contributed by atoms with Crippen LogP contribution in [0.4, 0.5) is 0 Å². The van der Waals surface area contributed by atoms with Gasteiger partial charge >= 0.3 is 0 Å². The number of aromatic nitrogens is 2. The van der Waals surface area contributed by atoms with E-state index in [2.05, 4.69) is 43.0 Å². The highest BCUT2D eigenvalue weighted by Crippen LogP contribution is 2.22. The van der Waals surface area contributed by atoms with Gasteiger partial charge in [-0.2, -0.15) is 0 Å². The van der Waals surface area contributed by atoms with Gasteiger partial charge in [0.05, 0.1) is 17.2 Å². The van der Waals surface area contributed by atoms with Gasteiger partial charge in [-0.05, 0) is 30.5 Å². The monoisotopic (exact) mass is 449 g/mol. The second kappa shape index (κ2) is 15.9. The zero-order valence-corrected chi connectivity index (χ0v) is 20.3. The molecule has 3 rings (SSSR count). The van der Waals surface area contributed by atoms with E-state index in [9.17, 15) is 14.7 Å². The summed E-state index contributed by atoms with van der Waals surface area (Å²) >= 11 is 1.36. The van der Waals surface area contributed by atoms with Crippen molar-refractivity contribution in [1.29, 1.82) is 0 Å². The third kappa shape index (κ3) is 9.21. The first-order valence-corrected chi connectivity index (χ1v) is 11.5. The summed E-state index contributed by atoms with van der Waals surface area (Å²) in [6, 6.07) is 6.55. The van der Waals surface area contributed by atoms with Crippen LogP contribution in [0.3, 0.4) is 0 Å². The number of amides is 1. The molecule has 172 valence electrons. The molecule has 0 fully saturated rings. The number of nitrogens with one attached hydrogen (secondary N) is 2. The topological polar surface area (TPSA) is 108 Å². The Kier molecular flexibility index (Phi) is 14.4. The number of nitrogens with zero attached hydrogens (tertiary/aromatic N) is 1. The van der Waals surface area contributed by atoms with Crippen LogP contribution in [0, 0.1) is 0 Å². The second-order valence-corrected chi connectivity index (χ2v) is 7.16. The van der Waals surface area contributed by atoms with Gasteiger partial charge < -0.3 is 19.8 Å². The molecule has 0 aliphatic heterocycles. The summed E-state index contributed by atoms with van der Waals surface area (Å²) in [4.78, 5) is 31.4. The fraction of sp³-hybridized carbons (Fsp3) is 0.435. The Morgan fingerprint density at radius 2 is 1.81 bits per heavy atom. The summed E-state index contributed by atoms with van der Waals surface area (Å²) in [5.41, 5.74) is -1.09. The lowest BCUT2D eigenvalue weighted by molar-refractivity contribution is 0.0927. The molecule has 1 amide bonds. The third-order valence-electron chi connectivity index (χ3n) is 3.18. The molecular weight excluding hydrogens is 414 g/mol. The number of aromatic hydroxyl groups is 1. The van der Waals surface area contributed by atoms with Crippen molar-refractivity contribution in [1.82, 2.24) is 15.3 Å². The molecule has 0 bridgehead atoms. The van der Waals surface area contributed by atoms with E-state index in [1.54, 1.807) is 31.2 Å². The van der Waals surface area contributed by atoms with Gasteiger partial charge in [-0.1, -0.05) is 60.5 Å². The molecule has 3 aromatic heterocycles. The molecule has 3 heterocycles. The molecule has 1 unspecified atom stereocenters. The fourth-order valence-electron chi connectivity index (χ4n) is 2.03. The third-order valence-corrected chi connectivity index (χ3v) is 4.06. The largest absolute Gasteiger partial charge is 0.501 e. The van der Waals surface area contributed by atoms with Crippen LogP contribution in [-0.2, 0) is 0 Å². The molecule has 0 saturated carbocycles. The van der Waals surface area contributed by atoms with Gasteiger partial charge in [0.2, 0.25) is 5.75 Å². The normalized spacial score (nSPS) is 10.3. The fourth-order valence-corrected chi connectivity index (χ4v) is 2.70. The minimum Gasteiger partial charge on any atom is -0.501 e. The first-order chi connectivity index (χ1) is 14.9. The van der Waals surface area contributed by atoms with Gasteiger partial charge in [0, 0.05) is 0 Å². The Morgan fingerprint density at radius 3 is 2.29 bits per heavy atom. The van der Waals surface area contributed by atoms with E-state index in [1.165, 1.54) is 30.4 Å². The lowest BCUT2D eigenvalue weighted by Gasteiger charge is -2.12. The zero-order chi connectivity index (χ0) is 23.8. The number of hydrogen-bond acceptors (Lipinski definition) is 6. The Labute approximate surface area is 188 Å². The first kappa shape index (κ1) is 28.1. The maximum atomic E-state index is 12.3. The number of aromatic amines is 1. The van der Waals surface area contributed by atoms with Gasteiger partial charge in [0.1, 0.15) is 5.76 Å². The van der Waals surface area contributed by atoms with Gasteiger partial charge in [-0.15, -0.1) is 11.3 Å². The number of carbonyl (C=O) groups is 1. The van der Waals surface area contributed by atoms with Crippen molar-refractivity contribution in [2.24, 2.45) is 0 Å². The molecule has 3 N–H and O–H groups in total. The average Bonchev–Trinajstić information content (AvgIpc) is 3.47. The van der Waals surface area contributed by atoms with E-state index in [4.69, 9.17) is 4.42 Å². The van der Waals surface area contributed by atoms with E-state index >= 15 is 0 Å². The van der Waals surface area contributed by atoms with Gasteiger partial charge in [-0.25, -0.2) is 4.98 Å². The molecule has 0 aliphatic rings. The molecule has 0 radical (unpaired) electrons. The zero-order valence-electron chi connectivity index (χ0n) is 19.5. The van der Waals surface area contributed by atoms with Crippen LogP contribution in [0.1, 0.15) is 83.6 Å². The van der Waals surface area contributed by atoms with E-state index in [0.29, 0.717) is 10.6 Å². The van der Waals surface area contributed by atoms with Crippen LogP contribution in [0.15, 0.2) is 45.1 Å². The summed E-state index contributed by atoms with van der Waals surface area (Å²) < 4.78 is 5.20. The van der Waals surface area contributed by atoms with Crippen LogP contribution >= 0.6 is 11.3 Å². The number of H-pyrrole nitrogens is 1. The molecular formula is C23H35N3O4S.